The van der Waals surface area contributed by atoms with Crippen LogP contribution in [-0.4, -0.2) is 19.3 Å². The van der Waals surface area contributed by atoms with Crippen molar-refractivity contribution < 1.29 is 0 Å². The number of aromatic nitrogens is 4. The third kappa shape index (κ3) is 3.35. The minimum absolute atomic E-state index is 0.848. The van der Waals surface area contributed by atoms with E-state index in [0.717, 1.165) is 31.0 Å². The molecule has 0 atom stereocenters. The summed E-state index contributed by atoms with van der Waals surface area (Å²) in [4.78, 5) is 4.07. The minimum Gasteiger partial charge on any atom is -0.308 e. The van der Waals surface area contributed by atoms with Crippen molar-refractivity contribution in [1.29, 1.82) is 0 Å². The first-order valence-electron chi connectivity index (χ1n) is 8.00. The fourth-order valence-electron chi connectivity index (χ4n) is 2.83. The van der Waals surface area contributed by atoms with Crippen LogP contribution < -0.4 is 5.32 Å². The molecular weight excluding hydrogens is 286 g/mol. The molecule has 0 bridgehead atoms. The first kappa shape index (κ1) is 15.5. The molecule has 0 amide bonds. The summed E-state index contributed by atoms with van der Waals surface area (Å²) in [5.74, 6) is 0. The summed E-state index contributed by atoms with van der Waals surface area (Å²) in [6.07, 6.45) is 5.55. The van der Waals surface area contributed by atoms with Gasteiger partial charge in [0.05, 0.1) is 12.0 Å². The van der Waals surface area contributed by atoms with Crippen molar-refractivity contribution in [2.75, 3.05) is 0 Å². The van der Waals surface area contributed by atoms with Gasteiger partial charge in [0, 0.05) is 49.0 Å². The molecule has 0 aliphatic carbocycles. The summed E-state index contributed by atoms with van der Waals surface area (Å²) in [6.45, 7) is 8.96. The molecule has 2 aromatic heterocycles. The van der Waals surface area contributed by atoms with Gasteiger partial charge in [0.15, 0.2) is 0 Å². The van der Waals surface area contributed by atoms with Gasteiger partial charge in [0.1, 0.15) is 0 Å². The lowest BCUT2D eigenvalue weighted by Gasteiger charge is -2.08. The smallest absolute Gasteiger partial charge is 0.0991 e. The normalized spacial score (nSPS) is 11.1. The zero-order valence-electron chi connectivity index (χ0n) is 14.0. The van der Waals surface area contributed by atoms with Crippen LogP contribution in [0.25, 0.3) is 5.69 Å². The Kier molecular flexibility index (Phi) is 4.57. The summed E-state index contributed by atoms with van der Waals surface area (Å²) in [5.41, 5.74) is 6.08. The Balaban J connectivity index is 1.60. The van der Waals surface area contributed by atoms with Crippen molar-refractivity contribution in [3.8, 4) is 5.69 Å². The number of imidazole rings is 1. The predicted octanol–water partition coefficient (Wildman–Crippen LogP) is 3.00. The summed E-state index contributed by atoms with van der Waals surface area (Å²) >= 11 is 0. The van der Waals surface area contributed by atoms with E-state index in [0.29, 0.717) is 0 Å². The van der Waals surface area contributed by atoms with Crippen LogP contribution in [-0.2, 0) is 19.6 Å². The van der Waals surface area contributed by atoms with Gasteiger partial charge >= 0.3 is 0 Å². The summed E-state index contributed by atoms with van der Waals surface area (Å²) in [7, 11) is 0. The van der Waals surface area contributed by atoms with E-state index in [2.05, 4.69) is 65.1 Å². The third-order valence-corrected chi connectivity index (χ3v) is 4.20. The molecule has 0 saturated heterocycles. The van der Waals surface area contributed by atoms with Crippen molar-refractivity contribution in [2.24, 2.45) is 0 Å². The van der Waals surface area contributed by atoms with Gasteiger partial charge < -0.3 is 9.88 Å². The number of aryl methyl sites for hydroxylation is 2. The Morgan fingerprint density at radius 1 is 1.09 bits per heavy atom. The van der Waals surface area contributed by atoms with Crippen molar-refractivity contribution in [3.63, 3.8) is 0 Å². The molecule has 5 nitrogen and oxygen atoms in total. The Labute approximate surface area is 137 Å². The van der Waals surface area contributed by atoms with E-state index < -0.39 is 0 Å². The summed E-state index contributed by atoms with van der Waals surface area (Å²) < 4.78 is 4.06. The molecule has 1 aromatic carbocycles. The average Bonchev–Trinajstić information content (AvgIpc) is 3.19. The lowest BCUT2D eigenvalue weighted by Crippen LogP contribution is -2.14. The third-order valence-electron chi connectivity index (χ3n) is 4.20. The Morgan fingerprint density at radius 3 is 2.48 bits per heavy atom. The van der Waals surface area contributed by atoms with Crippen LogP contribution in [0.3, 0.4) is 0 Å². The van der Waals surface area contributed by atoms with Gasteiger partial charge in [-0.25, -0.2) is 4.98 Å². The molecule has 2 heterocycles. The van der Waals surface area contributed by atoms with E-state index in [1.807, 2.05) is 17.1 Å². The summed E-state index contributed by atoms with van der Waals surface area (Å²) in [6, 6.07) is 8.53. The number of nitrogens with one attached hydrogen (secondary N) is 1. The number of nitrogens with zero attached hydrogens (tertiary/aromatic N) is 4. The molecular formula is C18H23N5. The van der Waals surface area contributed by atoms with Crippen LogP contribution in [0.2, 0.25) is 0 Å². The Morgan fingerprint density at radius 2 is 1.87 bits per heavy atom. The highest BCUT2D eigenvalue weighted by atomic mass is 15.3. The molecule has 0 aliphatic heterocycles. The standard InChI is InChI=1S/C18H23N5/c1-4-23-15(3)18(14(2)21-23)12-20-11-16-5-7-17(8-6-16)22-10-9-19-13-22/h5-10,13,20H,4,11-12H2,1-3H3. The summed E-state index contributed by atoms with van der Waals surface area (Å²) in [5, 5.41) is 8.08. The van der Waals surface area contributed by atoms with E-state index in [1.54, 1.807) is 6.20 Å². The van der Waals surface area contributed by atoms with E-state index in [1.165, 1.54) is 16.8 Å². The molecule has 0 unspecified atom stereocenters. The van der Waals surface area contributed by atoms with Gasteiger partial charge in [-0.3, -0.25) is 4.68 Å². The largest absolute Gasteiger partial charge is 0.308 e. The van der Waals surface area contributed by atoms with Gasteiger partial charge in [-0.2, -0.15) is 5.10 Å². The van der Waals surface area contributed by atoms with Gasteiger partial charge in [0.2, 0.25) is 0 Å². The minimum atomic E-state index is 0.848. The van der Waals surface area contributed by atoms with Crippen LogP contribution in [0.5, 0.6) is 0 Å². The quantitative estimate of drug-likeness (QED) is 0.761. The maximum Gasteiger partial charge on any atom is 0.0991 e. The molecule has 1 N–H and O–H groups in total. The molecule has 0 aliphatic rings. The molecule has 23 heavy (non-hydrogen) atoms. The molecule has 5 heteroatoms. The molecule has 120 valence electrons. The average molecular weight is 309 g/mol. The fourth-order valence-corrected chi connectivity index (χ4v) is 2.83. The van der Waals surface area contributed by atoms with E-state index in [-0.39, 0.29) is 0 Å². The number of benzene rings is 1. The maximum atomic E-state index is 4.56. The molecule has 0 saturated carbocycles. The Bertz CT molecular complexity index is 754. The van der Waals surface area contributed by atoms with Crippen molar-refractivity contribution in [1.82, 2.24) is 24.6 Å². The van der Waals surface area contributed by atoms with Crippen molar-refractivity contribution in [2.45, 2.75) is 40.4 Å². The number of rotatable bonds is 6. The SMILES string of the molecule is CCn1nc(C)c(CNCc2ccc(-n3ccnc3)cc2)c1C. The first-order valence-corrected chi connectivity index (χ1v) is 8.00. The van der Waals surface area contributed by atoms with Crippen LogP contribution in [0.15, 0.2) is 43.0 Å². The highest BCUT2D eigenvalue weighted by Crippen LogP contribution is 2.13. The van der Waals surface area contributed by atoms with Gasteiger partial charge in [-0.05, 0) is 38.5 Å². The maximum absolute atomic E-state index is 4.56. The monoisotopic (exact) mass is 309 g/mol. The van der Waals surface area contributed by atoms with Crippen LogP contribution >= 0.6 is 0 Å². The van der Waals surface area contributed by atoms with Crippen molar-refractivity contribution >= 4 is 0 Å². The zero-order chi connectivity index (χ0) is 16.2. The van der Waals surface area contributed by atoms with E-state index in [9.17, 15) is 0 Å². The molecule has 0 spiro atoms. The van der Waals surface area contributed by atoms with Gasteiger partial charge in [0.25, 0.3) is 0 Å². The lowest BCUT2D eigenvalue weighted by atomic mass is 10.1. The molecule has 3 rings (SSSR count). The highest BCUT2D eigenvalue weighted by Gasteiger charge is 2.09. The van der Waals surface area contributed by atoms with Gasteiger partial charge in [-0.15, -0.1) is 0 Å². The second-order valence-corrected chi connectivity index (χ2v) is 5.71. The number of hydrogen-bond donors (Lipinski definition) is 1. The topological polar surface area (TPSA) is 47.7 Å². The van der Waals surface area contributed by atoms with Gasteiger partial charge in [-0.1, -0.05) is 12.1 Å². The molecule has 0 fully saturated rings. The Hall–Kier alpha value is -2.40. The second kappa shape index (κ2) is 6.79. The second-order valence-electron chi connectivity index (χ2n) is 5.71. The molecule has 0 radical (unpaired) electrons. The predicted molar refractivity (Wildman–Crippen MR) is 91.5 cm³/mol. The zero-order valence-corrected chi connectivity index (χ0v) is 14.0. The molecule has 3 aromatic rings. The lowest BCUT2D eigenvalue weighted by molar-refractivity contribution is 0.630. The van der Waals surface area contributed by atoms with Crippen LogP contribution in [0.1, 0.15) is 29.4 Å². The van der Waals surface area contributed by atoms with E-state index >= 15 is 0 Å². The van der Waals surface area contributed by atoms with Crippen LogP contribution in [0.4, 0.5) is 0 Å². The first-order chi connectivity index (χ1) is 11.2. The highest BCUT2D eigenvalue weighted by molar-refractivity contribution is 5.34. The van der Waals surface area contributed by atoms with Crippen LogP contribution in [0, 0.1) is 13.8 Å². The van der Waals surface area contributed by atoms with Crippen molar-refractivity contribution in [3.05, 3.63) is 65.5 Å². The number of hydrogen-bond acceptors (Lipinski definition) is 3. The fraction of sp³-hybridized carbons (Fsp3) is 0.333. The van der Waals surface area contributed by atoms with E-state index in [4.69, 9.17) is 0 Å².